The van der Waals surface area contributed by atoms with Gasteiger partial charge in [0.15, 0.2) is 0 Å². The molecule has 0 saturated carbocycles. The molecule has 1 aliphatic rings. The van der Waals surface area contributed by atoms with Crippen LogP contribution in [-0.4, -0.2) is 25.3 Å². The number of nitrogen functional groups attached to an aromatic ring is 1. The number of anilines is 1. The number of halogens is 2. The first kappa shape index (κ1) is 17.2. The SMILES string of the molecule is CCCC1CCCCN1S(=O)(=O)c1c(N)cc(Br)cc1Br. The largest absolute Gasteiger partial charge is 0.398 e. The van der Waals surface area contributed by atoms with Crippen molar-refractivity contribution in [3.8, 4) is 0 Å². The van der Waals surface area contributed by atoms with Gasteiger partial charge in [0.05, 0.1) is 5.69 Å². The van der Waals surface area contributed by atoms with Crippen molar-refractivity contribution in [1.82, 2.24) is 4.31 Å². The second-order valence-corrected chi connectivity index (χ2v) is 8.96. The van der Waals surface area contributed by atoms with Crippen molar-refractivity contribution in [1.29, 1.82) is 0 Å². The van der Waals surface area contributed by atoms with Crippen LogP contribution < -0.4 is 5.73 Å². The highest BCUT2D eigenvalue weighted by atomic mass is 79.9. The Morgan fingerprint density at radius 3 is 2.67 bits per heavy atom. The van der Waals surface area contributed by atoms with E-state index in [0.29, 0.717) is 11.0 Å². The van der Waals surface area contributed by atoms with E-state index in [4.69, 9.17) is 5.73 Å². The topological polar surface area (TPSA) is 63.4 Å². The second kappa shape index (κ2) is 6.98. The molecule has 1 aromatic rings. The number of sulfonamides is 1. The molecule has 118 valence electrons. The minimum atomic E-state index is -3.57. The van der Waals surface area contributed by atoms with Crippen LogP contribution in [0.4, 0.5) is 5.69 Å². The molecule has 1 unspecified atom stereocenters. The fourth-order valence-electron chi connectivity index (χ4n) is 2.88. The molecule has 1 saturated heterocycles. The Labute approximate surface area is 143 Å². The smallest absolute Gasteiger partial charge is 0.246 e. The summed E-state index contributed by atoms with van der Waals surface area (Å²) in [7, 11) is -3.57. The Hall–Kier alpha value is -0.110. The van der Waals surface area contributed by atoms with Crippen LogP contribution in [0.15, 0.2) is 26.0 Å². The zero-order chi connectivity index (χ0) is 15.6. The number of benzene rings is 1. The average molecular weight is 440 g/mol. The molecule has 2 rings (SSSR count). The summed E-state index contributed by atoms with van der Waals surface area (Å²) >= 11 is 6.67. The zero-order valence-corrected chi connectivity index (χ0v) is 16.0. The van der Waals surface area contributed by atoms with Gasteiger partial charge in [-0.1, -0.05) is 35.7 Å². The zero-order valence-electron chi connectivity index (χ0n) is 12.0. The van der Waals surface area contributed by atoms with Crippen molar-refractivity contribution in [2.75, 3.05) is 12.3 Å². The van der Waals surface area contributed by atoms with Gasteiger partial charge in [0.25, 0.3) is 0 Å². The van der Waals surface area contributed by atoms with E-state index in [0.717, 1.165) is 36.6 Å². The van der Waals surface area contributed by atoms with Crippen LogP contribution in [0.1, 0.15) is 39.0 Å². The molecule has 0 aromatic heterocycles. The van der Waals surface area contributed by atoms with Gasteiger partial charge in [-0.2, -0.15) is 4.31 Å². The number of hydrogen-bond acceptors (Lipinski definition) is 3. The van der Waals surface area contributed by atoms with Gasteiger partial charge in [-0.3, -0.25) is 0 Å². The van der Waals surface area contributed by atoms with Gasteiger partial charge in [-0.15, -0.1) is 0 Å². The molecule has 21 heavy (non-hydrogen) atoms. The van der Waals surface area contributed by atoms with Gasteiger partial charge >= 0.3 is 0 Å². The lowest BCUT2D eigenvalue weighted by Crippen LogP contribution is -2.43. The normalized spacial score (nSPS) is 20.6. The number of nitrogens with two attached hydrogens (primary N) is 1. The van der Waals surface area contributed by atoms with Gasteiger partial charge in [0, 0.05) is 21.5 Å². The van der Waals surface area contributed by atoms with Crippen molar-refractivity contribution in [3.63, 3.8) is 0 Å². The number of hydrogen-bond donors (Lipinski definition) is 1. The van der Waals surface area contributed by atoms with E-state index >= 15 is 0 Å². The summed E-state index contributed by atoms with van der Waals surface area (Å²) in [6.07, 6.45) is 4.81. The minimum Gasteiger partial charge on any atom is -0.398 e. The van der Waals surface area contributed by atoms with Gasteiger partial charge in [0.2, 0.25) is 10.0 Å². The van der Waals surface area contributed by atoms with E-state index in [1.54, 1.807) is 16.4 Å². The van der Waals surface area contributed by atoms with E-state index in [1.165, 1.54) is 0 Å². The Balaban J connectivity index is 2.45. The first-order valence-electron chi connectivity index (χ1n) is 7.14. The van der Waals surface area contributed by atoms with Gasteiger partial charge in [-0.25, -0.2) is 8.42 Å². The molecular formula is C14H20Br2N2O2S. The molecule has 0 amide bonds. The van der Waals surface area contributed by atoms with Crippen LogP contribution in [0, 0.1) is 0 Å². The lowest BCUT2D eigenvalue weighted by Gasteiger charge is -2.35. The number of piperidine rings is 1. The molecule has 7 heteroatoms. The Morgan fingerprint density at radius 1 is 1.33 bits per heavy atom. The first-order valence-corrected chi connectivity index (χ1v) is 10.2. The highest BCUT2D eigenvalue weighted by Gasteiger charge is 2.35. The molecular weight excluding hydrogens is 420 g/mol. The highest BCUT2D eigenvalue weighted by molar-refractivity contribution is 9.11. The summed E-state index contributed by atoms with van der Waals surface area (Å²) in [5, 5.41) is 0. The maximum Gasteiger partial charge on any atom is 0.246 e. The van der Waals surface area contributed by atoms with E-state index in [1.807, 2.05) is 0 Å². The summed E-state index contributed by atoms with van der Waals surface area (Å²) in [5.41, 5.74) is 6.24. The summed E-state index contributed by atoms with van der Waals surface area (Å²) < 4.78 is 29.0. The number of nitrogens with zero attached hydrogens (tertiary/aromatic N) is 1. The summed E-state index contributed by atoms with van der Waals surface area (Å²) in [5.74, 6) is 0. The van der Waals surface area contributed by atoms with Crippen LogP contribution in [0.3, 0.4) is 0 Å². The minimum absolute atomic E-state index is 0.0868. The van der Waals surface area contributed by atoms with Crippen molar-refractivity contribution in [2.24, 2.45) is 0 Å². The Kier molecular flexibility index (Phi) is 5.73. The number of rotatable bonds is 4. The predicted molar refractivity (Wildman–Crippen MR) is 92.7 cm³/mol. The third kappa shape index (κ3) is 3.63. The molecule has 0 aliphatic carbocycles. The van der Waals surface area contributed by atoms with Crippen LogP contribution in [-0.2, 0) is 10.0 Å². The van der Waals surface area contributed by atoms with E-state index in [-0.39, 0.29) is 16.6 Å². The lowest BCUT2D eigenvalue weighted by molar-refractivity contribution is 0.239. The molecule has 0 radical (unpaired) electrons. The van der Waals surface area contributed by atoms with Gasteiger partial charge < -0.3 is 5.73 Å². The first-order chi connectivity index (χ1) is 9.87. The summed E-state index contributed by atoms with van der Waals surface area (Å²) in [6, 6.07) is 3.45. The molecule has 2 N–H and O–H groups in total. The quantitative estimate of drug-likeness (QED) is 0.717. The van der Waals surface area contributed by atoms with Gasteiger partial charge in [0.1, 0.15) is 4.90 Å². The van der Waals surface area contributed by atoms with Crippen molar-refractivity contribution < 1.29 is 8.42 Å². The summed E-state index contributed by atoms with van der Waals surface area (Å²) in [6.45, 7) is 2.66. The molecule has 1 heterocycles. The van der Waals surface area contributed by atoms with Crippen LogP contribution in [0.5, 0.6) is 0 Å². The predicted octanol–water partition coefficient (Wildman–Crippen LogP) is 4.14. The second-order valence-electron chi connectivity index (χ2n) is 5.36. The molecule has 1 fully saturated rings. The van der Waals surface area contributed by atoms with Crippen LogP contribution >= 0.6 is 31.9 Å². The lowest BCUT2D eigenvalue weighted by atomic mass is 10.0. The highest BCUT2D eigenvalue weighted by Crippen LogP contribution is 2.36. The van der Waals surface area contributed by atoms with Crippen LogP contribution in [0.25, 0.3) is 0 Å². The monoisotopic (exact) mass is 438 g/mol. The van der Waals surface area contributed by atoms with Crippen molar-refractivity contribution in [3.05, 3.63) is 21.1 Å². The van der Waals surface area contributed by atoms with E-state index in [2.05, 4.69) is 38.8 Å². The van der Waals surface area contributed by atoms with E-state index in [9.17, 15) is 8.42 Å². The average Bonchev–Trinajstić information content (AvgIpc) is 2.37. The Bertz CT molecular complexity index is 594. The molecule has 0 spiro atoms. The Morgan fingerprint density at radius 2 is 2.05 bits per heavy atom. The van der Waals surface area contributed by atoms with Crippen LogP contribution in [0.2, 0.25) is 0 Å². The molecule has 1 aromatic carbocycles. The molecule has 4 nitrogen and oxygen atoms in total. The van der Waals surface area contributed by atoms with Crippen molar-refractivity contribution in [2.45, 2.75) is 50.0 Å². The standard InChI is InChI=1S/C14H20Br2N2O2S/c1-2-5-11-6-3-4-7-18(11)21(19,20)14-12(16)8-10(15)9-13(14)17/h8-9,11H,2-7,17H2,1H3. The molecule has 1 aliphatic heterocycles. The fraction of sp³-hybridized carbons (Fsp3) is 0.571. The van der Waals surface area contributed by atoms with E-state index < -0.39 is 10.0 Å². The fourth-order valence-corrected chi connectivity index (χ4v) is 6.62. The van der Waals surface area contributed by atoms with Gasteiger partial charge in [-0.05, 0) is 47.3 Å². The maximum atomic E-state index is 13.0. The maximum absolute atomic E-state index is 13.0. The molecule has 0 bridgehead atoms. The molecule has 1 atom stereocenters. The third-order valence-electron chi connectivity index (χ3n) is 3.80. The van der Waals surface area contributed by atoms with Crippen molar-refractivity contribution >= 4 is 47.6 Å². The summed E-state index contributed by atoms with van der Waals surface area (Å²) in [4.78, 5) is 0.189. The third-order valence-corrected chi connectivity index (χ3v) is 7.21.